The molecule has 0 fully saturated rings. The van der Waals surface area contributed by atoms with Crippen LogP contribution in [0.5, 0.6) is 5.75 Å². The SMILES string of the molecule is CCC(C)[C@@H](NC(=O)COc1ccc2c3c(c(=O)oc2c1)CCC3)C(=O)O. The van der Waals surface area contributed by atoms with Gasteiger partial charge in [-0.2, -0.15) is 0 Å². The van der Waals surface area contributed by atoms with Crippen LogP contribution in [-0.2, 0) is 22.4 Å². The smallest absolute Gasteiger partial charge is 0.339 e. The minimum Gasteiger partial charge on any atom is -0.484 e. The Balaban J connectivity index is 1.70. The van der Waals surface area contributed by atoms with E-state index >= 15 is 0 Å². The molecule has 0 bridgehead atoms. The fourth-order valence-electron chi connectivity index (χ4n) is 3.40. The van der Waals surface area contributed by atoms with Crippen LogP contribution in [0.25, 0.3) is 11.0 Å². The van der Waals surface area contributed by atoms with Crippen molar-refractivity contribution in [3.63, 3.8) is 0 Å². The maximum Gasteiger partial charge on any atom is 0.339 e. The largest absolute Gasteiger partial charge is 0.484 e. The molecule has 1 unspecified atom stereocenters. The Bertz CT molecular complexity index is 932. The number of amides is 1. The molecule has 1 aromatic heterocycles. The summed E-state index contributed by atoms with van der Waals surface area (Å²) in [6, 6.07) is 4.18. The second-order valence-electron chi connectivity index (χ2n) is 6.92. The van der Waals surface area contributed by atoms with Crippen molar-refractivity contribution in [3.05, 3.63) is 39.7 Å². The number of benzene rings is 1. The molecule has 0 radical (unpaired) electrons. The fraction of sp³-hybridized carbons (Fsp3) is 0.450. The van der Waals surface area contributed by atoms with Crippen LogP contribution in [0, 0.1) is 5.92 Å². The van der Waals surface area contributed by atoms with Crippen molar-refractivity contribution < 1.29 is 23.8 Å². The van der Waals surface area contributed by atoms with Crippen LogP contribution < -0.4 is 15.7 Å². The number of aryl methyl sites for hydroxylation is 1. The maximum atomic E-state index is 12.1. The van der Waals surface area contributed by atoms with E-state index in [9.17, 15) is 19.5 Å². The molecule has 7 heteroatoms. The van der Waals surface area contributed by atoms with Gasteiger partial charge in [0.2, 0.25) is 0 Å². The highest BCUT2D eigenvalue weighted by Crippen LogP contribution is 2.29. The van der Waals surface area contributed by atoms with E-state index in [0.717, 1.165) is 35.8 Å². The van der Waals surface area contributed by atoms with Gasteiger partial charge in [0.1, 0.15) is 17.4 Å². The normalized spacial score (nSPS) is 15.2. The molecule has 27 heavy (non-hydrogen) atoms. The zero-order valence-corrected chi connectivity index (χ0v) is 15.4. The van der Waals surface area contributed by atoms with Gasteiger partial charge in [-0.1, -0.05) is 20.3 Å². The van der Waals surface area contributed by atoms with E-state index in [2.05, 4.69) is 5.32 Å². The molecule has 1 amide bonds. The molecule has 1 aliphatic rings. The summed E-state index contributed by atoms with van der Waals surface area (Å²) in [6.07, 6.45) is 3.17. The first kappa shape index (κ1) is 18.9. The molecule has 1 heterocycles. The second kappa shape index (κ2) is 7.82. The molecule has 144 valence electrons. The Morgan fingerprint density at radius 3 is 2.74 bits per heavy atom. The summed E-state index contributed by atoms with van der Waals surface area (Å²) in [4.78, 5) is 35.4. The molecule has 0 saturated carbocycles. The van der Waals surface area contributed by atoms with Crippen molar-refractivity contribution in [3.8, 4) is 5.75 Å². The van der Waals surface area contributed by atoms with Crippen molar-refractivity contribution >= 4 is 22.8 Å². The number of aliphatic carboxylic acids is 1. The van der Waals surface area contributed by atoms with Gasteiger partial charge >= 0.3 is 11.6 Å². The average Bonchev–Trinajstić information content (AvgIpc) is 3.14. The first-order chi connectivity index (χ1) is 12.9. The summed E-state index contributed by atoms with van der Waals surface area (Å²) >= 11 is 0. The third kappa shape index (κ3) is 3.97. The summed E-state index contributed by atoms with van der Waals surface area (Å²) < 4.78 is 10.8. The fourth-order valence-corrected chi connectivity index (χ4v) is 3.40. The maximum absolute atomic E-state index is 12.1. The first-order valence-electron chi connectivity index (χ1n) is 9.14. The number of rotatable bonds is 7. The summed E-state index contributed by atoms with van der Waals surface area (Å²) in [5, 5.41) is 12.6. The van der Waals surface area contributed by atoms with Crippen molar-refractivity contribution in [2.75, 3.05) is 6.61 Å². The van der Waals surface area contributed by atoms with Crippen molar-refractivity contribution in [1.29, 1.82) is 0 Å². The van der Waals surface area contributed by atoms with Gasteiger partial charge in [0.05, 0.1) is 0 Å². The topological polar surface area (TPSA) is 106 Å². The second-order valence-corrected chi connectivity index (χ2v) is 6.92. The minimum atomic E-state index is -1.07. The molecule has 0 aliphatic heterocycles. The van der Waals surface area contributed by atoms with Gasteiger partial charge in [0.15, 0.2) is 6.61 Å². The molecule has 2 N–H and O–H groups in total. The summed E-state index contributed by atoms with van der Waals surface area (Å²) in [6.45, 7) is 3.31. The summed E-state index contributed by atoms with van der Waals surface area (Å²) in [5.41, 5.74) is 1.90. The van der Waals surface area contributed by atoms with E-state index in [1.54, 1.807) is 19.1 Å². The van der Waals surface area contributed by atoms with Gasteiger partial charge in [-0.3, -0.25) is 4.79 Å². The van der Waals surface area contributed by atoms with E-state index in [1.165, 1.54) is 0 Å². The standard InChI is InChI=1S/C20H23NO6/c1-3-11(2)18(19(23)24)21-17(22)10-26-12-7-8-14-13-5-4-6-15(13)20(25)27-16(14)9-12/h7-9,11,18H,3-6,10H2,1-2H3,(H,21,22)(H,23,24)/t11?,18-/m1/s1. The van der Waals surface area contributed by atoms with E-state index in [0.29, 0.717) is 17.8 Å². The average molecular weight is 373 g/mol. The Morgan fingerprint density at radius 2 is 2.04 bits per heavy atom. The molecule has 1 aliphatic carbocycles. The number of carbonyl (C=O) groups excluding carboxylic acids is 1. The number of ether oxygens (including phenoxy) is 1. The third-order valence-corrected chi connectivity index (χ3v) is 5.11. The predicted octanol–water partition coefficient (Wildman–Crippen LogP) is 2.28. The van der Waals surface area contributed by atoms with Gasteiger partial charge in [-0.15, -0.1) is 0 Å². The van der Waals surface area contributed by atoms with Crippen molar-refractivity contribution in [1.82, 2.24) is 5.32 Å². The third-order valence-electron chi connectivity index (χ3n) is 5.11. The van der Waals surface area contributed by atoms with E-state index < -0.39 is 17.9 Å². The van der Waals surface area contributed by atoms with Crippen LogP contribution >= 0.6 is 0 Å². The summed E-state index contributed by atoms with van der Waals surface area (Å²) in [5.74, 6) is -1.39. The minimum absolute atomic E-state index is 0.191. The molecule has 0 saturated heterocycles. The molecular weight excluding hydrogens is 350 g/mol. The number of carboxylic acid groups (broad SMARTS) is 1. The van der Waals surface area contributed by atoms with Gasteiger partial charge in [0.25, 0.3) is 5.91 Å². The van der Waals surface area contributed by atoms with Gasteiger partial charge in [-0.05, 0) is 42.9 Å². The Labute approximate surface area is 156 Å². The van der Waals surface area contributed by atoms with E-state index in [-0.39, 0.29) is 18.2 Å². The number of nitrogens with one attached hydrogen (secondary N) is 1. The number of carboxylic acids is 1. The lowest BCUT2D eigenvalue weighted by Gasteiger charge is -2.20. The lowest BCUT2D eigenvalue weighted by atomic mass is 9.99. The quantitative estimate of drug-likeness (QED) is 0.721. The zero-order chi connectivity index (χ0) is 19.6. The monoisotopic (exact) mass is 373 g/mol. The van der Waals surface area contributed by atoms with Crippen LogP contribution in [-0.4, -0.2) is 29.6 Å². The highest BCUT2D eigenvalue weighted by Gasteiger charge is 2.25. The molecule has 2 atom stereocenters. The van der Waals surface area contributed by atoms with Crippen LogP contribution in [0.15, 0.2) is 27.4 Å². The number of carbonyl (C=O) groups is 2. The van der Waals surface area contributed by atoms with Crippen molar-refractivity contribution in [2.24, 2.45) is 5.92 Å². The summed E-state index contributed by atoms with van der Waals surface area (Å²) in [7, 11) is 0. The lowest BCUT2D eigenvalue weighted by molar-refractivity contribution is -0.143. The highest BCUT2D eigenvalue weighted by molar-refractivity contribution is 5.85. The number of hydrogen-bond acceptors (Lipinski definition) is 5. The number of hydrogen-bond donors (Lipinski definition) is 2. The Kier molecular flexibility index (Phi) is 5.48. The van der Waals surface area contributed by atoms with Crippen LogP contribution in [0.2, 0.25) is 0 Å². The van der Waals surface area contributed by atoms with Crippen LogP contribution in [0.4, 0.5) is 0 Å². The molecule has 3 rings (SSSR count). The predicted molar refractivity (Wildman–Crippen MR) is 99.0 cm³/mol. The first-order valence-corrected chi connectivity index (χ1v) is 9.14. The molecule has 1 aromatic carbocycles. The van der Waals surface area contributed by atoms with Crippen molar-refractivity contribution in [2.45, 2.75) is 45.6 Å². The lowest BCUT2D eigenvalue weighted by Crippen LogP contribution is -2.46. The highest BCUT2D eigenvalue weighted by atomic mass is 16.5. The molecule has 2 aromatic rings. The Morgan fingerprint density at radius 1 is 1.30 bits per heavy atom. The number of fused-ring (bicyclic) bond motifs is 3. The van der Waals surface area contributed by atoms with Crippen LogP contribution in [0.1, 0.15) is 37.8 Å². The molecular formula is C20H23NO6. The zero-order valence-electron chi connectivity index (χ0n) is 15.4. The Hall–Kier alpha value is -2.83. The van der Waals surface area contributed by atoms with Crippen LogP contribution in [0.3, 0.4) is 0 Å². The molecule has 7 nitrogen and oxygen atoms in total. The van der Waals surface area contributed by atoms with E-state index in [1.807, 2.05) is 13.0 Å². The van der Waals surface area contributed by atoms with Gasteiger partial charge < -0.3 is 19.6 Å². The van der Waals surface area contributed by atoms with Gasteiger partial charge in [0, 0.05) is 17.0 Å². The van der Waals surface area contributed by atoms with Gasteiger partial charge in [-0.25, -0.2) is 9.59 Å². The van der Waals surface area contributed by atoms with E-state index in [4.69, 9.17) is 9.15 Å². The molecule has 0 spiro atoms.